The van der Waals surface area contributed by atoms with Gasteiger partial charge in [-0.2, -0.15) is 0 Å². The molecule has 0 spiro atoms. The highest BCUT2D eigenvalue weighted by atomic mass is 15.2. The van der Waals surface area contributed by atoms with Crippen LogP contribution in [0.3, 0.4) is 0 Å². The van der Waals surface area contributed by atoms with Gasteiger partial charge in [-0.3, -0.25) is 0 Å². The fourth-order valence-electron chi connectivity index (χ4n) is 2.55. The maximum Gasteiger partial charge on any atom is 0.0826 e. The van der Waals surface area contributed by atoms with Gasteiger partial charge in [0.15, 0.2) is 0 Å². The Morgan fingerprint density at radius 2 is 1.95 bits per heavy atom. The van der Waals surface area contributed by atoms with E-state index in [9.17, 15) is 0 Å². The van der Waals surface area contributed by atoms with E-state index in [4.69, 9.17) is 5.73 Å². The normalized spacial score (nSPS) is 14.6. The van der Waals surface area contributed by atoms with Gasteiger partial charge in [-0.05, 0) is 20.4 Å². The topological polar surface area (TPSA) is 41.3 Å². The molecule has 0 bridgehead atoms. The summed E-state index contributed by atoms with van der Waals surface area (Å²) in [6.07, 6.45) is 10.7. The lowest BCUT2D eigenvalue weighted by atomic mass is 9.98. The monoisotopic (exact) mass is 303 g/mol. The Hall–Kier alpha value is -1.74. The molecule has 3 N–H and O–H groups in total. The van der Waals surface area contributed by atoms with Gasteiger partial charge in [-0.1, -0.05) is 63.0 Å². The molecule has 0 aromatic heterocycles. The van der Waals surface area contributed by atoms with Crippen LogP contribution >= 0.6 is 0 Å². The second kappa shape index (κ2) is 10.9. The predicted octanol–water partition coefficient (Wildman–Crippen LogP) is 3.74. The average Bonchev–Trinajstić information content (AvgIpc) is 2.46. The number of hydrogen-bond donors (Lipinski definition) is 2. The molecule has 0 amide bonds. The van der Waals surface area contributed by atoms with Crippen LogP contribution in [0.15, 0.2) is 61.0 Å². The van der Waals surface area contributed by atoms with E-state index in [1.165, 1.54) is 5.57 Å². The maximum atomic E-state index is 6.06. The lowest BCUT2D eigenvalue weighted by molar-refractivity contribution is 0.260. The third-order valence-electron chi connectivity index (χ3n) is 3.76. The highest BCUT2D eigenvalue weighted by Gasteiger charge is 2.25. The third-order valence-corrected chi connectivity index (χ3v) is 3.76. The van der Waals surface area contributed by atoms with Crippen molar-refractivity contribution in [1.82, 2.24) is 10.2 Å². The molecule has 0 heterocycles. The van der Waals surface area contributed by atoms with Crippen LogP contribution in [0.1, 0.15) is 33.1 Å². The van der Waals surface area contributed by atoms with Crippen molar-refractivity contribution in [2.45, 2.75) is 45.2 Å². The van der Waals surface area contributed by atoms with E-state index in [-0.39, 0.29) is 12.1 Å². The molecule has 3 nitrogen and oxygen atoms in total. The van der Waals surface area contributed by atoms with E-state index in [0.717, 1.165) is 25.0 Å². The Morgan fingerprint density at radius 1 is 1.32 bits per heavy atom. The Balaban J connectivity index is 4.99. The van der Waals surface area contributed by atoms with Gasteiger partial charge in [0.05, 0.1) is 6.04 Å². The number of nitrogens with two attached hydrogens (primary N) is 1. The molecule has 0 aliphatic carbocycles. The van der Waals surface area contributed by atoms with Crippen LogP contribution in [-0.4, -0.2) is 31.1 Å². The van der Waals surface area contributed by atoms with Crippen molar-refractivity contribution in [3.63, 3.8) is 0 Å². The largest absolute Gasteiger partial charge is 0.401 e. The molecule has 0 aliphatic heterocycles. The number of hydrogen-bond acceptors (Lipinski definition) is 3. The van der Waals surface area contributed by atoms with Crippen LogP contribution in [0, 0.1) is 0 Å². The Kier molecular flexibility index (Phi) is 10.0. The minimum Gasteiger partial charge on any atom is -0.401 e. The SMILES string of the molecule is C=C/C=C\C=C(/C)CC(=C)N(C)C(C(=C)N)C(CCC)NC. The van der Waals surface area contributed by atoms with Gasteiger partial charge in [0, 0.05) is 30.9 Å². The molecule has 0 aliphatic rings. The maximum absolute atomic E-state index is 6.06. The zero-order chi connectivity index (χ0) is 17.1. The molecular weight excluding hydrogens is 270 g/mol. The highest BCUT2D eigenvalue weighted by Crippen LogP contribution is 2.20. The summed E-state index contributed by atoms with van der Waals surface area (Å²) in [5.41, 5.74) is 9.01. The first kappa shape index (κ1) is 20.3. The molecule has 0 radical (unpaired) electrons. The van der Waals surface area contributed by atoms with Gasteiger partial charge in [-0.15, -0.1) is 0 Å². The molecule has 0 rings (SSSR count). The lowest BCUT2D eigenvalue weighted by Gasteiger charge is -2.37. The van der Waals surface area contributed by atoms with Crippen LogP contribution < -0.4 is 11.1 Å². The van der Waals surface area contributed by atoms with Crippen molar-refractivity contribution < 1.29 is 0 Å². The summed E-state index contributed by atoms with van der Waals surface area (Å²) >= 11 is 0. The van der Waals surface area contributed by atoms with Crippen molar-refractivity contribution in [3.05, 3.63) is 61.0 Å². The molecule has 0 aromatic carbocycles. The Labute approximate surface area is 137 Å². The summed E-state index contributed by atoms with van der Waals surface area (Å²) in [4.78, 5) is 2.15. The van der Waals surface area contributed by atoms with E-state index in [1.807, 2.05) is 26.2 Å². The van der Waals surface area contributed by atoms with E-state index >= 15 is 0 Å². The summed E-state index contributed by atoms with van der Waals surface area (Å²) in [5, 5.41) is 3.35. The van der Waals surface area contributed by atoms with Gasteiger partial charge >= 0.3 is 0 Å². The van der Waals surface area contributed by atoms with Crippen molar-refractivity contribution >= 4 is 0 Å². The number of nitrogens with zero attached hydrogens (tertiary/aromatic N) is 1. The quantitative estimate of drug-likeness (QED) is 0.571. The van der Waals surface area contributed by atoms with Crippen LogP contribution in [0.2, 0.25) is 0 Å². The molecule has 0 fully saturated rings. The van der Waals surface area contributed by atoms with Crippen LogP contribution in [0.25, 0.3) is 0 Å². The minimum absolute atomic E-state index is 0.0500. The van der Waals surface area contributed by atoms with Crippen molar-refractivity contribution in [3.8, 4) is 0 Å². The Morgan fingerprint density at radius 3 is 2.41 bits per heavy atom. The van der Waals surface area contributed by atoms with E-state index in [2.05, 4.69) is 49.9 Å². The minimum atomic E-state index is 0.0500. The van der Waals surface area contributed by atoms with Crippen molar-refractivity contribution in [1.29, 1.82) is 0 Å². The average molecular weight is 303 g/mol. The van der Waals surface area contributed by atoms with Gasteiger partial charge in [0.25, 0.3) is 0 Å². The highest BCUT2D eigenvalue weighted by molar-refractivity contribution is 5.20. The predicted molar refractivity (Wildman–Crippen MR) is 99.5 cm³/mol. The second-order valence-corrected chi connectivity index (χ2v) is 5.69. The number of likely N-dealkylation sites (N-methyl/N-ethyl adjacent to an activating group) is 2. The molecule has 124 valence electrons. The molecule has 22 heavy (non-hydrogen) atoms. The zero-order valence-electron chi connectivity index (χ0n) is 14.7. The molecule has 2 unspecified atom stereocenters. The Bertz CT molecular complexity index is 432. The van der Waals surface area contributed by atoms with E-state index in [0.29, 0.717) is 5.70 Å². The van der Waals surface area contributed by atoms with Crippen molar-refractivity contribution in [2.24, 2.45) is 5.73 Å². The first-order valence-corrected chi connectivity index (χ1v) is 7.85. The molecular formula is C19H33N3. The third kappa shape index (κ3) is 6.81. The lowest BCUT2D eigenvalue weighted by Crippen LogP contribution is -2.49. The number of allylic oxidation sites excluding steroid dienone is 5. The van der Waals surface area contributed by atoms with Gasteiger partial charge in [-0.25, -0.2) is 0 Å². The first-order valence-electron chi connectivity index (χ1n) is 7.85. The smallest absolute Gasteiger partial charge is 0.0826 e. The van der Waals surface area contributed by atoms with E-state index < -0.39 is 0 Å². The molecule has 0 saturated carbocycles. The van der Waals surface area contributed by atoms with Crippen molar-refractivity contribution in [2.75, 3.05) is 14.1 Å². The summed E-state index contributed by atoms with van der Waals surface area (Å²) in [5.74, 6) is 0. The van der Waals surface area contributed by atoms with Gasteiger partial charge < -0.3 is 16.0 Å². The first-order chi connectivity index (χ1) is 10.4. The standard InChI is InChI=1S/C19H33N3/c1-8-10-11-13-15(3)14-16(4)22(7)19(17(5)20)18(21-6)12-9-2/h8,10-11,13,18-19,21H,1,4-5,9,12,14,20H2,2-3,6-7H3/b11-10-,15-13+. The molecule has 0 saturated heterocycles. The molecule has 3 heteroatoms. The summed E-state index contributed by atoms with van der Waals surface area (Å²) in [7, 11) is 4.01. The fraction of sp³-hybridized carbons (Fsp3) is 0.474. The van der Waals surface area contributed by atoms with Gasteiger partial charge in [0.1, 0.15) is 0 Å². The van der Waals surface area contributed by atoms with Crippen LogP contribution in [-0.2, 0) is 0 Å². The number of nitrogens with one attached hydrogen (secondary N) is 1. The zero-order valence-corrected chi connectivity index (χ0v) is 14.7. The molecule has 0 aromatic rings. The second-order valence-electron chi connectivity index (χ2n) is 5.69. The van der Waals surface area contributed by atoms with Crippen LogP contribution in [0.5, 0.6) is 0 Å². The van der Waals surface area contributed by atoms with Gasteiger partial charge in [0.2, 0.25) is 0 Å². The number of rotatable bonds is 11. The summed E-state index contributed by atoms with van der Waals surface area (Å²) in [6.45, 7) is 16.1. The van der Waals surface area contributed by atoms with Crippen LogP contribution in [0.4, 0.5) is 0 Å². The fourth-order valence-corrected chi connectivity index (χ4v) is 2.55. The molecule has 2 atom stereocenters. The summed E-state index contributed by atoms with van der Waals surface area (Å²) < 4.78 is 0. The van der Waals surface area contributed by atoms with E-state index in [1.54, 1.807) is 6.08 Å². The summed E-state index contributed by atoms with van der Waals surface area (Å²) in [6, 6.07) is 0.322.